The smallest absolute Gasteiger partial charge is 0.338 e. The fourth-order valence-corrected chi connectivity index (χ4v) is 2.00. The van der Waals surface area contributed by atoms with Gasteiger partial charge in [0.1, 0.15) is 5.76 Å². The number of benzene rings is 1. The number of nitrogen functional groups attached to an aromatic ring is 1. The van der Waals surface area contributed by atoms with Crippen LogP contribution in [0.4, 0.5) is 11.4 Å². The molecule has 0 saturated carbocycles. The second-order valence-electron chi connectivity index (χ2n) is 4.68. The highest BCUT2D eigenvalue weighted by Crippen LogP contribution is 2.22. The minimum absolute atomic E-state index is 0.338. The lowest BCUT2D eigenvalue weighted by Crippen LogP contribution is -2.08. The topological polar surface area (TPSA) is 90.4 Å². The highest BCUT2D eigenvalue weighted by molar-refractivity contribution is 5.91. The molecule has 1 heterocycles. The SMILES string of the molecule is CCOC(=O)c1ccc(NCc2c(C)noc2C)c(N)c1. The van der Waals surface area contributed by atoms with Crippen molar-refractivity contribution in [2.75, 3.05) is 17.7 Å². The maximum atomic E-state index is 11.6. The number of hydrogen-bond donors (Lipinski definition) is 2. The first-order valence-corrected chi connectivity index (χ1v) is 6.75. The predicted molar refractivity (Wildman–Crippen MR) is 80.1 cm³/mol. The lowest BCUT2D eigenvalue weighted by molar-refractivity contribution is 0.0526. The number of nitrogens with one attached hydrogen (secondary N) is 1. The molecule has 0 spiro atoms. The van der Waals surface area contributed by atoms with Crippen molar-refractivity contribution < 1.29 is 14.1 Å². The van der Waals surface area contributed by atoms with Crippen molar-refractivity contribution in [1.29, 1.82) is 0 Å². The molecule has 112 valence electrons. The molecule has 0 aliphatic heterocycles. The molecule has 21 heavy (non-hydrogen) atoms. The molecule has 6 heteroatoms. The van der Waals surface area contributed by atoms with Crippen LogP contribution in [-0.2, 0) is 11.3 Å². The van der Waals surface area contributed by atoms with Crippen LogP contribution in [0, 0.1) is 13.8 Å². The van der Waals surface area contributed by atoms with Gasteiger partial charge in [-0.1, -0.05) is 5.16 Å². The second-order valence-corrected chi connectivity index (χ2v) is 4.68. The Morgan fingerprint density at radius 1 is 1.43 bits per heavy atom. The van der Waals surface area contributed by atoms with E-state index in [0.717, 1.165) is 22.7 Å². The van der Waals surface area contributed by atoms with Crippen LogP contribution in [0.2, 0.25) is 0 Å². The van der Waals surface area contributed by atoms with E-state index >= 15 is 0 Å². The van der Waals surface area contributed by atoms with Gasteiger partial charge in [-0.15, -0.1) is 0 Å². The van der Waals surface area contributed by atoms with Gasteiger partial charge in [0.2, 0.25) is 0 Å². The van der Waals surface area contributed by atoms with Crippen LogP contribution in [0.5, 0.6) is 0 Å². The largest absolute Gasteiger partial charge is 0.462 e. The van der Waals surface area contributed by atoms with Crippen molar-refractivity contribution in [3.05, 3.63) is 40.8 Å². The number of carbonyl (C=O) groups excluding carboxylic acids is 1. The lowest BCUT2D eigenvalue weighted by atomic mass is 10.1. The highest BCUT2D eigenvalue weighted by atomic mass is 16.5. The van der Waals surface area contributed by atoms with Crippen molar-refractivity contribution in [1.82, 2.24) is 5.16 Å². The van der Waals surface area contributed by atoms with Gasteiger partial charge in [0, 0.05) is 12.1 Å². The summed E-state index contributed by atoms with van der Waals surface area (Å²) >= 11 is 0. The minimum atomic E-state index is -0.374. The van der Waals surface area contributed by atoms with Crippen LogP contribution in [0.1, 0.15) is 34.3 Å². The lowest BCUT2D eigenvalue weighted by Gasteiger charge is -2.10. The summed E-state index contributed by atoms with van der Waals surface area (Å²) in [6, 6.07) is 5.05. The van der Waals surface area contributed by atoms with Gasteiger partial charge in [-0.3, -0.25) is 0 Å². The molecule has 0 aliphatic carbocycles. The van der Waals surface area contributed by atoms with Gasteiger partial charge in [-0.25, -0.2) is 4.79 Å². The van der Waals surface area contributed by atoms with Crippen LogP contribution >= 0.6 is 0 Å². The Balaban J connectivity index is 2.09. The third-order valence-electron chi connectivity index (χ3n) is 3.20. The first kappa shape index (κ1) is 14.9. The molecule has 0 unspecified atom stereocenters. The van der Waals surface area contributed by atoms with Gasteiger partial charge in [0.25, 0.3) is 0 Å². The molecule has 1 aromatic heterocycles. The van der Waals surface area contributed by atoms with Crippen molar-refractivity contribution >= 4 is 17.3 Å². The average Bonchev–Trinajstić information content (AvgIpc) is 2.77. The number of nitrogens with two attached hydrogens (primary N) is 1. The zero-order valence-electron chi connectivity index (χ0n) is 12.4. The van der Waals surface area contributed by atoms with E-state index in [0.29, 0.717) is 24.4 Å². The predicted octanol–water partition coefficient (Wildman–Crippen LogP) is 2.66. The minimum Gasteiger partial charge on any atom is -0.462 e. The molecule has 0 amide bonds. The van der Waals surface area contributed by atoms with E-state index in [2.05, 4.69) is 10.5 Å². The zero-order chi connectivity index (χ0) is 15.4. The normalized spacial score (nSPS) is 10.4. The number of hydrogen-bond acceptors (Lipinski definition) is 6. The second kappa shape index (κ2) is 6.30. The van der Waals surface area contributed by atoms with Crippen LogP contribution in [0.3, 0.4) is 0 Å². The van der Waals surface area contributed by atoms with E-state index in [-0.39, 0.29) is 5.97 Å². The van der Waals surface area contributed by atoms with E-state index in [9.17, 15) is 4.79 Å². The van der Waals surface area contributed by atoms with E-state index in [1.54, 1.807) is 25.1 Å². The van der Waals surface area contributed by atoms with E-state index in [4.69, 9.17) is 15.0 Å². The van der Waals surface area contributed by atoms with Crippen molar-refractivity contribution in [2.24, 2.45) is 0 Å². The maximum Gasteiger partial charge on any atom is 0.338 e. The molecule has 0 aliphatic rings. The third-order valence-corrected chi connectivity index (χ3v) is 3.20. The summed E-state index contributed by atoms with van der Waals surface area (Å²) < 4.78 is 10.0. The maximum absolute atomic E-state index is 11.6. The van der Waals surface area contributed by atoms with Gasteiger partial charge in [-0.05, 0) is 39.0 Å². The van der Waals surface area contributed by atoms with Gasteiger partial charge in [-0.2, -0.15) is 0 Å². The van der Waals surface area contributed by atoms with Crippen molar-refractivity contribution in [2.45, 2.75) is 27.3 Å². The average molecular weight is 289 g/mol. The number of esters is 1. The van der Waals surface area contributed by atoms with Gasteiger partial charge < -0.3 is 20.3 Å². The molecule has 0 radical (unpaired) electrons. The van der Waals surface area contributed by atoms with Gasteiger partial charge in [0.05, 0.1) is 29.2 Å². The van der Waals surface area contributed by atoms with Crippen LogP contribution in [-0.4, -0.2) is 17.7 Å². The van der Waals surface area contributed by atoms with Crippen molar-refractivity contribution in [3.63, 3.8) is 0 Å². The molecule has 2 rings (SSSR count). The summed E-state index contributed by atoms with van der Waals surface area (Å²) in [5, 5.41) is 7.12. The standard InChI is InChI=1S/C15H19N3O3/c1-4-20-15(19)11-5-6-14(13(16)7-11)17-8-12-9(2)18-21-10(12)3/h5-7,17H,4,8,16H2,1-3H3. The van der Waals surface area contributed by atoms with Crippen LogP contribution < -0.4 is 11.1 Å². The molecule has 0 atom stereocenters. The molecule has 6 nitrogen and oxygen atoms in total. The van der Waals surface area contributed by atoms with Crippen LogP contribution in [0.15, 0.2) is 22.7 Å². The molecule has 3 N–H and O–H groups in total. The highest BCUT2D eigenvalue weighted by Gasteiger charge is 2.11. The molecular weight excluding hydrogens is 270 g/mol. The Morgan fingerprint density at radius 3 is 2.76 bits per heavy atom. The first-order valence-electron chi connectivity index (χ1n) is 6.75. The fourth-order valence-electron chi connectivity index (χ4n) is 2.00. The Morgan fingerprint density at radius 2 is 2.19 bits per heavy atom. The first-order chi connectivity index (χ1) is 10.0. The third kappa shape index (κ3) is 3.34. The summed E-state index contributed by atoms with van der Waals surface area (Å²) in [6.45, 7) is 6.42. The van der Waals surface area contributed by atoms with Crippen molar-refractivity contribution in [3.8, 4) is 0 Å². The summed E-state index contributed by atoms with van der Waals surface area (Å²) in [6.07, 6.45) is 0. The van der Waals surface area contributed by atoms with E-state index in [1.807, 2.05) is 13.8 Å². The molecule has 0 saturated heterocycles. The van der Waals surface area contributed by atoms with Gasteiger partial charge >= 0.3 is 5.97 Å². The number of carbonyl (C=O) groups is 1. The monoisotopic (exact) mass is 289 g/mol. The molecule has 0 bridgehead atoms. The number of aryl methyl sites for hydroxylation is 2. The number of rotatable bonds is 5. The summed E-state index contributed by atoms with van der Waals surface area (Å²) in [7, 11) is 0. The molecular formula is C15H19N3O3. The molecule has 2 aromatic rings. The summed E-state index contributed by atoms with van der Waals surface area (Å²) in [5.41, 5.74) is 9.50. The number of nitrogens with zero attached hydrogens (tertiary/aromatic N) is 1. The summed E-state index contributed by atoms with van der Waals surface area (Å²) in [4.78, 5) is 11.6. The van der Waals surface area contributed by atoms with Crippen LogP contribution in [0.25, 0.3) is 0 Å². The summed E-state index contributed by atoms with van der Waals surface area (Å²) in [5.74, 6) is 0.406. The van der Waals surface area contributed by atoms with E-state index < -0.39 is 0 Å². The quantitative estimate of drug-likeness (QED) is 0.649. The molecule has 1 aromatic carbocycles. The Labute approximate surface area is 123 Å². The number of anilines is 2. The zero-order valence-corrected chi connectivity index (χ0v) is 12.4. The molecule has 0 fully saturated rings. The van der Waals surface area contributed by atoms with E-state index in [1.165, 1.54) is 0 Å². The Kier molecular flexibility index (Phi) is 4.47. The number of aromatic nitrogens is 1. The Bertz CT molecular complexity index is 630. The van der Waals surface area contributed by atoms with Gasteiger partial charge in [0.15, 0.2) is 0 Å². The Hall–Kier alpha value is -2.50. The number of ether oxygens (including phenoxy) is 1. The fraction of sp³-hybridized carbons (Fsp3) is 0.333.